The van der Waals surface area contributed by atoms with Gasteiger partial charge in [-0.3, -0.25) is 0 Å². The molecule has 1 atom stereocenters. The SMILES string of the molecule is CCC(O)c1ccc(Sc2cc(C)cc(C)n2)cc1. The van der Waals surface area contributed by atoms with Crippen molar-refractivity contribution >= 4 is 11.8 Å². The average Bonchev–Trinajstić information content (AvgIpc) is 2.37. The van der Waals surface area contributed by atoms with Crippen LogP contribution in [0.2, 0.25) is 0 Å². The quantitative estimate of drug-likeness (QED) is 0.902. The molecule has 19 heavy (non-hydrogen) atoms. The standard InChI is InChI=1S/C16H19NOS/c1-4-15(18)13-5-7-14(8-6-13)19-16-10-11(2)9-12(3)17-16/h5-10,15,18H,4H2,1-3H3. The number of aryl methyl sites for hydroxylation is 2. The summed E-state index contributed by atoms with van der Waals surface area (Å²) >= 11 is 1.65. The van der Waals surface area contributed by atoms with Crippen molar-refractivity contribution in [3.8, 4) is 0 Å². The second kappa shape index (κ2) is 6.22. The predicted octanol–water partition coefficient (Wildman–Crippen LogP) is 4.29. The van der Waals surface area contributed by atoms with Gasteiger partial charge in [0.15, 0.2) is 0 Å². The van der Waals surface area contributed by atoms with Gasteiger partial charge in [0.2, 0.25) is 0 Å². The zero-order valence-corrected chi connectivity index (χ0v) is 12.4. The maximum absolute atomic E-state index is 9.76. The lowest BCUT2D eigenvalue weighted by molar-refractivity contribution is 0.173. The summed E-state index contributed by atoms with van der Waals surface area (Å²) in [5, 5.41) is 10.8. The lowest BCUT2D eigenvalue weighted by atomic mass is 10.1. The molecule has 2 rings (SSSR count). The highest BCUT2D eigenvalue weighted by Gasteiger charge is 2.05. The summed E-state index contributed by atoms with van der Waals surface area (Å²) in [4.78, 5) is 5.66. The number of rotatable bonds is 4. The first-order valence-corrected chi connectivity index (χ1v) is 7.31. The van der Waals surface area contributed by atoms with E-state index in [4.69, 9.17) is 0 Å². The number of hydrogen-bond acceptors (Lipinski definition) is 3. The monoisotopic (exact) mass is 273 g/mol. The van der Waals surface area contributed by atoms with Gasteiger partial charge in [-0.15, -0.1) is 0 Å². The molecule has 0 aliphatic carbocycles. The van der Waals surface area contributed by atoms with Crippen LogP contribution in [-0.2, 0) is 0 Å². The van der Waals surface area contributed by atoms with Crippen molar-refractivity contribution in [2.75, 3.05) is 0 Å². The summed E-state index contributed by atoms with van der Waals surface area (Å²) in [6.07, 6.45) is 0.379. The normalized spacial score (nSPS) is 12.4. The highest BCUT2D eigenvalue weighted by Crippen LogP contribution is 2.28. The molecule has 1 aromatic heterocycles. The molecule has 1 N–H and O–H groups in total. The highest BCUT2D eigenvalue weighted by molar-refractivity contribution is 7.99. The molecule has 1 aromatic carbocycles. The number of aromatic nitrogens is 1. The Hall–Kier alpha value is -1.32. The number of nitrogens with zero attached hydrogens (tertiary/aromatic N) is 1. The fraction of sp³-hybridized carbons (Fsp3) is 0.312. The molecule has 0 saturated carbocycles. The van der Waals surface area contributed by atoms with Crippen LogP contribution in [0.5, 0.6) is 0 Å². The number of aliphatic hydroxyl groups excluding tert-OH is 1. The molecule has 0 radical (unpaired) electrons. The molecule has 0 saturated heterocycles. The highest BCUT2D eigenvalue weighted by atomic mass is 32.2. The van der Waals surface area contributed by atoms with Crippen LogP contribution in [0.1, 0.15) is 36.3 Å². The van der Waals surface area contributed by atoms with Gasteiger partial charge < -0.3 is 5.11 Å². The maximum atomic E-state index is 9.76. The van der Waals surface area contributed by atoms with Crippen LogP contribution in [-0.4, -0.2) is 10.1 Å². The van der Waals surface area contributed by atoms with E-state index in [1.54, 1.807) is 11.8 Å². The molecular formula is C16H19NOS. The molecule has 0 aliphatic rings. The fourth-order valence-corrected chi connectivity index (χ4v) is 2.92. The summed E-state index contributed by atoms with van der Waals surface area (Å²) in [6, 6.07) is 12.2. The fourth-order valence-electron chi connectivity index (χ4n) is 1.97. The van der Waals surface area contributed by atoms with Crippen molar-refractivity contribution in [2.45, 2.75) is 43.2 Å². The van der Waals surface area contributed by atoms with Crippen LogP contribution in [0.3, 0.4) is 0 Å². The largest absolute Gasteiger partial charge is 0.388 e. The third-order valence-electron chi connectivity index (χ3n) is 2.95. The molecule has 2 nitrogen and oxygen atoms in total. The molecule has 0 amide bonds. The molecule has 2 aromatic rings. The lowest BCUT2D eigenvalue weighted by Crippen LogP contribution is -1.94. The van der Waals surface area contributed by atoms with Gasteiger partial charge in [0.05, 0.1) is 6.10 Å². The number of hydrogen-bond donors (Lipinski definition) is 1. The van der Waals surface area contributed by atoms with Gasteiger partial charge in [-0.2, -0.15) is 0 Å². The van der Waals surface area contributed by atoms with Gasteiger partial charge in [-0.05, 0) is 55.7 Å². The van der Waals surface area contributed by atoms with E-state index in [9.17, 15) is 5.11 Å². The second-order valence-electron chi connectivity index (χ2n) is 4.72. The first-order chi connectivity index (χ1) is 9.08. The van der Waals surface area contributed by atoms with E-state index in [1.165, 1.54) is 5.56 Å². The molecule has 0 aliphatic heterocycles. The number of benzene rings is 1. The van der Waals surface area contributed by atoms with Gasteiger partial charge >= 0.3 is 0 Å². The Labute approximate surface area is 118 Å². The van der Waals surface area contributed by atoms with Crippen LogP contribution in [0.25, 0.3) is 0 Å². The van der Waals surface area contributed by atoms with E-state index in [-0.39, 0.29) is 6.10 Å². The Morgan fingerprint density at radius 2 is 1.84 bits per heavy atom. The maximum Gasteiger partial charge on any atom is 0.101 e. The molecule has 1 unspecified atom stereocenters. The van der Waals surface area contributed by atoms with Gasteiger partial charge in [0, 0.05) is 10.6 Å². The predicted molar refractivity (Wildman–Crippen MR) is 79.5 cm³/mol. The molecule has 0 fully saturated rings. The Bertz CT molecular complexity index is 531. The van der Waals surface area contributed by atoms with Crippen molar-refractivity contribution in [1.29, 1.82) is 0 Å². The second-order valence-corrected chi connectivity index (χ2v) is 5.81. The third kappa shape index (κ3) is 3.82. The third-order valence-corrected chi connectivity index (χ3v) is 3.87. The smallest absolute Gasteiger partial charge is 0.101 e. The summed E-state index contributed by atoms with van der Waals surface area (Å²) < 4.78 is 0. The molecule has 3 heteroatoms. The van der Waals surface area contributed by atoms with Crippen LogP contribution >= 0.6 is 11.8 Å². The minimum Gasteiger partial charge on any atom is -0.388 e. The summed E-state index contributed by atoms with van der Waals surface area (Å²) in [6.45, 7) is 6.07. The van der Waals surface area contributed by atoms with E-state index in [0.29, 0.717) is 0 Å². The van der Waals surface area contributed by atoms with E-state index in [2.05, 4.69) is 24.0 Å². The van der Waals surface area contributed by atoms with Crippen molar-refractivity contribution in [2.24, 2.45) is 0 Å². The Kier molecular flexibility index (Phi) is 4.61. The minimum atomic E-state index is -0.363. The Morgan fingerprint density at radius 3 is 2.42 bits per heavy atom. The first kappa shape index (κ1) is 14.1. The van der Waals surface area contributed by atoms with Gasteiger partial charge in [-0.1, -0.05) is 30.8 Å². The zero-order valence-electron chi connectivity index (χ0n) is 11.6. The van der Waals surface area contributed by atoms with Crippen LogP contribution < -0.4 is 0 Å². The number of aliphatic hydroxyl groups is 1. The lowest BCUT2D eigenvalue weighted by Gasteiger charge is -2.09. The Balaban J connectivity index is 2.15. The van der Waals surface area contributed by atoms with Crippen LogP contribution in [0, 0.1) is 13.8 Å². The molecule has 100 valence electrons. The van der Waals surface area contributed by atoms with Gasteiger partial charge in [0.1, 0.15) is 5.03 Å². The topological polar surface area (TPSA) is 33.1 Å². The van der Waals surface area contributed by atoms with Crippen molar-refractivity contribution in [3.05, 3.63) is 53.2 Å². The van der Waals surface area contributed by atoms with E-state index in [1.807, 2.05) is 38.1 Å². The minimum absolute atomic E-state index is 0.363. The van der Waals surface area contributed by atoms with E-state index in [0.717, 1.165) is 27.6 Å². The molecule has 0 bridgehead atoms. The molecular weight excluding hydrogens is 254 g/mol. The summed E-state index contributed by atoms with van der Waals surface area (Å²) in [5.74, 6) is 0. The molecule has 1 heterocycles. The van der Waals surface area contributed by atoms with Gasteiger partial charge in [-0.25, -0.2) is 4.98 Å². The van der Waals surface area contributed by atoms with Crippen molar-refractivity contribution in [3.63, 3.8) is 0 Å². The Morgan fingerprint density at radius 1 is 1.16 bits per heavy atom. The van der Waals surface area contributed by atoms with Crippen LogP contribution in [0.15, 0.2) is 46.3 Å². The van der Waals surface area contributed by atoms with E-state index < -0.39 is 0 Å². The van der Waals surface area contributed by atoms with Crippen LogP contribution in [0.4, 0.5) is 0 Å². The summed E-state index contributed by atoms with van der Waals surface area (Å²) in [7, 11) is 0. The van der Waals surface area contributed by atoms with Crippen molar-refractivity contribution in [1.82, 2.24) is 4.98 Å². The zero-order chi connectivity index (χ0) is 13.8. The van der Waals surface area contributed by atoms with Crippen molar-refractivity contribution < 1.29 is 5.11 Å². The van der Waals surface area contributed by atoms with E-state index >= 15 is 0 Å². The van der Waals surface area contributed by atoms with Gasteiger partial charge in [0.25, 0.3) is 0 Å². The average molecular weight is 273 g/mol. The number of pyridine rings is 1. The first-order valence-electron chi connectivity index (χ1n) is 6.49. The molecule has 0 spiro atoms. The summed E-state index contributed by atoms with van der Waals surface area (Å²) in [5.41, 5.74) is 3.24.